The number of hydrogen-bond acceptors (Lipinski definition) is 5. The molecule has 0 aliphatic heterocycles. The van der Waals surface area contributed by atoms with Gasteiger partial charge in [-0.3, -0.25) is 9.59 Å². The molecule has 174 valence electrons. The molecule has 7 heteroatoms. The standard InChI is InChI=1S/C25H34N2O5/c1-6-23(25(29)26-15-18(2)3)27(16-19-7-9-20(30-4)10-8-19)24(28)17-32-22-13-11-21(31-5)12-14-22/h7-14,18,23H,6,15-17H2,1-5H3,(H,26,29). The van der Waals surface area contributed by atoms with Crippen molar-refractivity contribution < 1.29 is 23.8 Å². The Morgan fingerprint density at radius 2 is 1.44 bits per heavy atom. The van der Waals surface area contributed by atoms with E-state index in [2.05, 4.69) is 5.32 Å². The van der Waals surface area contributed by atoms with E-state index in [1.807, 2.05) is 45.0 Å². The number of rotatable bonds is 12. The summed E-state index contributed by atoms with van der Waals surface area (Å²) in [5.74, 6) is 1.89. The normalized spacial score (nSPS) is 11.6. The Bertz CT molecular complexity index is 850. The number of benzene rings is 2. The van der Waals surface area contributed by atoms with Crippen molar-refractivity contribution in [1.82, 2.24) is 10.2 Å². The molecule has 1 unspecified atom stereocenters. The van der Waals surface area contributed by atoms with Gasteiger partial charge in [-0.25, -0.2) is 0 Å². The zero-order valence-corrected chi connectivity index (χ0v) is 19.6. The minimum absolute atomic E-state index is 0.160. The van der Waals surface area contributed by atoms with Crippen molar-refractivity contribution in [3.63, 3.8) is 0 Å². The highest BCUT2D eigenvalue weighted by molar-refractivity contribution is 5.88. The lowest BCUT2D eigenvalue weighted by Crippen LogP contribution is -2.50. The summed E-state index contributed by atoms with van der Waals surface area (Å²) in [7, 11) is 3.19. The summed E-state index contributed by atoms with van der Waals surface area (Å²) < 4.78 is 16.1. The molecule has 0 fully saturated rings. The van der Waals surface area contributed by atoms with Gasteiger partial charge in [0.15, 0.2) is 6.61 Å². The van der Waals surface area contributed by atoms with Crippen LogP contribution in [0.1, 0.15) is 32.8 Å². The van der Waals surface area contributed by atoms with Gasteiger partial charge in [0.2, 0.25) is 5.91 Å². The largest absolute Gasteiger partial charge is 0.497 e. The lowest BCUT2D eigenvalue weighted by molar-refractivity contribution is -0.143. The van der Waals surface area contributed by atoms with Crippen LogP contribution >= 0.6 is 0 Å². The molecule has 0 radical (unpaired) electrons. The number of ether oxygens (including phenoxy) is 3. The van der Waals surface area contributed by atoms with Gasteiger partial charge in [-0.2, -0.15) is 0 Å². The third-order valence-electron chi connectivity index (χ3n) is 5.00. The van der Waals surface area contributed by atoms with Crippen molar-refractivity contribution in [2.24, 2.45) is 5.92 Å². The van der Waals surface area contributed by atoms with Crippen molar-refractivity contribution >= 4 is 11.8 Å². The molecule has 2 aromatic carbocycles. The van der Waals surface area contributed by atoms with Crippen molar-refractivity contribution in [3.8, 4) is 17.2 Å². The van der Waals surface area contributed by atoms with E-state index in [4.69, 9.17) is 14.2 Å². The molecule has 0 aliphatic carbocycles. The van der Waals surface area contributed by atoms with Crippen LogP contribution in [0.5, 0.6) is 17.2 Å². The second kappa shape index (κ2) is 12.6. The first kappa shape index (κ1) is 25.0. The van der Waals surface area contributed by atoms with Gasteiger partial charge in [0.25, 0.3) is 5.91 Å². The molecule has 0 spiro atoms. The Kier molecular flexibility index (Phi) is 9.85. The molecule has 2 rings (SSSR count). The Labute approximate surface area is 190 Å². The summed E-state index contributed by atoms with van der Waals surface area (Å²) in [4.78, 5) is 27.6. The maximum absolute atomic E-state index is 13.2. The molecule has 0 saturated carbocycles. The molecule has 0 aliphatic rings. The molecule has 32 heavy (non-hydrogen) atoms. The number of carbonyl (C=O) groups is 2. The molecule has 2 aromatic rings. The molecular weight excluding hydrogens is 408 g/mol. The van der Waals surface area contributed by atoms with Gasteiger partial charge in [0.05, 0.1) is 14.2 Å². The summed E-state index contributed by atoms with van der Waals surface area (Å²) >= 11 is 0. The monoisotopic (exact) mass is 442 g/mol. The average Bonchev–Trinajstić information content (AvgIpc) is 2.81. The molecule has 1 N–H and O–H groups in total. The minimum Gasteiger partial charge on any atom is -0.497 e. The molecule has 0 aromatic heterocycles. The summed E-state index contributed by atoms with van der Waals surface area (Å²) in [6, 6.07) is 13.9. The highest BCUT2D eigenvalue weighted by Crippen LogP contribution is 2.19. The van der Waals surface area contributed by atoms with E-state index in [9.17, 15) is 9.59 Å². The van der Waals surface area contributed by atoms with Crippen LogP contribution in [-0.2, 0) is 16.1 Å². The summed E-state index contributed by atoms with van der Waals surface area (Å²) in [5, 5.41) is 2.95. The Hall–Kier alpha value is -3.22. The summed E-state index contributed by atoms with van der Waals surface area (Å²) in [6.07, 6.45) is 0.494. The van der Waals surface area contributed by atoms with Crippen LogP contribution < -0.4 is 19.5 Å². The third-order valence-corrected chi connectivity index (χ3v) is 5.00. The molecule has 7 nitrogen and oxygen atoms in total. The van der Waals surface area contributed by atoms with Crippen molar-refractivity contribution in [2.75, 3.05) is 27.4 Å². The average molecular weight is 443 g/mol. The zero-order valence-electron chi connectivity index (χ0n) is 19.6. The first-order chi connectivity index (χ1) is 15.4. The molecule has 2 amide bonds. The number of nitrogens with zero attached hydrogens (tertiary/aromatic N) is 1. The number of hydrogen-bond donors (Lipinski definition) is 1. The maximum Gasteiger partial charge on any atom is 0.261 e. The smallest absolute Gasteiger partial charge is 0.261 e. The van der Waals surface area contributed by atoms with E-state index in [1.165, 1.54) is 0 Å². The predicted octanol–water partition coefficient (Wildman–Crippen LogP) is 3.66. The highest BCUT2D eigenvalue weighted by Gasteiger charge is 2.29. The van der Waals surface area contributed by atoms with E-state index in [0.717, 1.165) is 11.3 Å². The van der Waals surface area contributed by atoms with Crippen LogP contribution in [0.15, 0.2) is 48.5 Å². The van der Waals surface area contributed by atoms with Gasteiger partial charge in [-0.05, 0) is 54.3 Å². The second-order valence-electron chi connectivity index (χ2n) is 7.90. The van der Waals surface area contributed by atoms with Gasteiger partial charge in [-0.15, -0.1) is 0 Å². The molecule has 0 saturated heterocycles. The molecule has 0 heterocycles. The van der Waals surface area contributed by atoms with Crippen molar-refractivity contribution in [3.05, 3.63) is 54.1 Å². The van der Waals surface area contributed by atoms with E-state index in [0.29, 0.717) is 36.9 Å². The molecular formula is C25H34N2O5. The topological polar surface area (TPSA) is 77.1 Å². The van der Waals surface area contributed by atoms with Gasteiger partial charge >= 0.3 is 0 Å². The van der Waals surface area contributed by atoms with Crippen LogP contribution in [0.4, 0.5) is 0 Å². The van der Waals surface area contributed by atoms with Crippen LogP contribution in [0.3, 0.4) is 0 Å². The van der Waals surface area contributed by atoms with E-state index >= 15 is 0 Å². The second-order valence-corrected chi connectivity index (χ2v) is 7.90. The summed E-state index contributed by atoms with van der Waals surface area (Å²) in [6.45, 7) is 6.65. The van der Waals surface area contributed by atoms with E-state index < -0.39 is 6.04 Å². The number of methoxy groups -OCH3 is 2. The van der Waals surface area contributed by atoms with Gasteiger partial charge in [0, 0.05) is 13.1 Å². The van der Waals surface area contributed by atoms with Crippen molar-refractivity contribution in [2.45, 2.75) is 39.8 Å². The quantitative estimate of drug-likeness (QED) is 0.543. The minimum atomic E-state index is -0.595. The zero-order chi connectivity index (χ0) is 23.5. The highest BCUT2D eigenvalue weighted by atomic mass is 16.5. The summed E-state index contributed by atoms with van der Waals surface area (Å²) in [5.41, 5.74) is 0.902. The van der Waals surface area contributed by atoms with Gasteiger partial charge in [-0.1, -0.05) is 32.9 Å². The van der Waals surface area contributed by atoms with E-state index in [-0.39, 0.29) is 18.4 Å². The fraction of sp³-hybridized carbons (Fsp3) is 0.440. The van der Waals surface area contributed by atoms with Gasteiger partial charge < -0.3 is 24.4 Å². The van der Waals surface area contributed by atoms with Gasteiger partial charge in [0.1, 0.15) is 23.3 Å². The molecule has 0 bridgehead atoms. The lowest BCUT2D eigenvalue weighted by atomic mass is 10.1. The Balaban J connectivity index is 2.17. The third kappa shape index (κ3) is 7.48. The predicted molar refractivity (Wildman–Crippen MR) is 124 cm³/mol. The lowest BCUT2D eigenvalue weighted by Gasteiger charge is -2.31. The van der Waals surface area contributed by atoms with Crippen LogP contribution in [0.25, 0.3) is 0 Å². The first-order valence-corrected chi connectivity index (χ1v) is 10.8. The Morgan fingerprint density at radius 1 is 0.906 bits per heavy atom. The number of nitrogens with one attached hydrogen (secondary N) is 1. The molecule has 1 atom stereocenters. The Morgan fingerprint density at radius 3 is 1.94 bits per heavy atom. The van der Waals surface area contributed by atoms with Crippen molar-refractivity contribution in [1.29, 1.82) is 0 Å². The van der Waals surface area contributed by atoms with Crippen LogP contribution in [0, 0.1) is 5.92 Å². The fourth-order valence-corrected chi connectivity index (χ4v) is 3.17. The maximum atomic E-state index is 13.2. The first-order valence-electron chi connectivity index (χ1n) is 10.8. The number of carbonyl (C=O) groups excluding carboxylic acids is 2. The van der Waals surface area contributed by atoms with E-state index in [1.54, 1.807) is 43.4 Å². The number of amides is 2. The van der Waals surface area contributed by atoms with Crippen LogP contribution in [0.2, 0.25) is 0 Å². The van der Waals surface area contributed by atoms with Crippen LogP contribution in [-0.4, -0.2) is 50.1 Å². The fourth-order valence-electron chi connectivity index (χ4n) is 3.17. The SMILES string of the molecule is CCC(C(=O)NCC(C)C)N(Cc1ccc(OC)cc1)C(=O)COc1ccc(OC)cc1.